The molecule has 1 aliphatic heterocycles. The topological polar surface area (TPSA) is 78.9 Å². The van der Waals surface area contributed by atoms with Crippen LogP contribution in [0.1, 0.15) is 0 Å². The van der Waals surface area contributed by atoms with E-state index in [1.807, 2.05) is 6.08 Å². The van der Waals surface area contributed by atoms with E-state index in [9.17, 15) is 9.59 Å². The fourth-order valence-corrected chi connectivity index (χ4v) is 2.07. The summed E-state index contributed by atoms with van der Waals surface area (Å²) in [7, 11) is 0. The Hall–Kier alpha value is -1.21. The van der Waals surface area contributed by atoms with Gasteiger partial charge < -0.3 is 20.1 Å². The highest BCUT2D eigenvalue weighted by molar-refractivity contribution is 7.99. The summed E-state index contributed by atoms with van der Waals surface area (Å²) >= 11 is 1.68. The number of carbonyl (C=O) groups is 2. The van der Waals surface area contributed by atoms with Crippen molar-refractivity contribution in [3.05, 3.63) is 12.7 Å². The molecule has 102 valence electrons. The minimum Gasteiger partial charge on any atom is -0.479 e. The number of nitrogens with one attached hydrogen (secondary N) is 1. The fraction of sp³-hybridized carbons (Fsp3) is 0.636. The van der Waals surface area contributed by atoms with E-state index in [2.05, 4.69) is 11.9 Å². The largest absolute Gasteiger partial charge is 0.479 e. The maximum Gasteiger partial charge on any atom is 0.334 e. The number of carboxylic acid groups (broad SMARTS) is 1. The summed E-state index contributed by atoms with van der Waals surface area (Å²) in [6, 6.07) is -0.233. The van der Waals surface area contributed by atoms with Crippen LogP contribution >= 0.6 is 11.8 Å². The smallest absolute Gasteiger partial charge is 0.334 e. The molecule has 1 aliphatic rings. The third-order valence-corrected chi connectivity index (χ3v) is 3.35. The normalized spacial score (nSPS) is 19.3. The van der Waals surface area contributed by atoms with Crippen LogP contribution in [0.4, 0.5) is 4.79 Å². The van der Waals surface area contributed by atoms with Crippen LogP contribution < -0.4 is 5.32 Å². The molecule has 0 radical (unpaired) electrons. The van der Waals surface area contributed by atoms with Crippen LogP contribution in [0, 0.1) is 0 Å². The average Bonchev–Trinajstić information content (AvgIpc) is 2.38. The number of nitrogens with zero attached hydrogens (tertiary/aromatic N) is 1. The molecule has 2 amide bonds. The third kappa shape index (κ3) is 4.97. The number of rotatable bonds is 6. The molecule has 0 spiro atoms. The lowest BCUT2D eigenvalue weighted by Gasteiger charge is -2.30. The number of aliphatic carboxylic acids is 1. The molecule has 1 atom stereocenters. The summed E-state index contributed by atoms with van der Waals surface area (Å²) in [4.78, 5) is 24.0. The van der Waals surface area contributed by atoms with Gasteiger partial charge in [0, 0.05) is 24.6 Å². The van der Waals surface area contributed by atoms with Crippen molar-refractivity contribution >= 4 is 23.8 Å². The molecule has 2 N–H and O–H groups in total. The first-order chi connectivity index (χ1) is 8.65. The van der Waals surface area contributed by atoms with Crippen molar-refractivity contribution in [3.63, 3.8) is 0 Å². The molecule has 0 aromatic rings. The molecule has 6 nitrogen and oxygen atoms in total. The summed E-state index contributed by atoms with van der Waals surface area (Å²) in [6.07, 6.45) is 0.894. The highest BCUT2D eigenvalue weighted by Crippen LogP contribution is 2.05. The lowest BCUT2D eigenvalue weighted by molar-refractivity contribution is -0.154. The van der Waals surface area contributed by atoms with Crippen LogP contribution in [0.15, 0.2) is 12.7 Å². The van der Waals surface area contributed by atoms with E-state index >= 15 is 0 Å². The van der Waals surface area contributed by atoms with E-state index in [0.29, 0.717) is 13.1 Å². The van der Waals surface area contributed by atoms with Crippen LogP contribution in [0.5, 0.6) is 0 Å². The first kappa shape index (κ1) is 14.8. The number of carbonyl (C=O) groups excluding carboxylic acids is 1. The van der Waals surface area contributed by atoms with Gasteiger partial charge in [-0.25, -0.2) is 9.59 Å². The molecular formula is C11H18N2O4S. The lowest BCUT2D eigenvalue weighted by atomic mass is 10.3. The van der Waals surface area contributed by atoms with Crippen LogP contribution in [-0.2, 0) is 9.53 Å². The second-order valence-electron chi connectivity index (χ2n) is 3.74. The Morgan fingerprint density at radius 1 is 1.61 bits per heavy atom. The first-order valence-electron chi connectivity index (χ1n) is 5.71. The Kier molecular flexibility index (Phi) is 6.59. The average molecular weight is 274 g/mol. The Morgan fingerprint density at radius 3 is 3.06 bits per heavy atom. The standard InChI is InChI=1S/C11H18N2O4S/c1-2-6-18-7-3-12-11(16)13-4-5-17-9(8-13)10(14)15/h2,9H,1,3-8H2,(H,12,16)(H,14,15). The number of hydrogen-bond donors (Lipinski definition) is 2. The molecule has 0 aromatic heterocycles. The van der Waals surface area contributed by atoms with E-state index in [1.54, 1.807) is 11.8 Å². The summed E-state index contributed by atoms with van der Waals surface area (Å²) in [5, 5.41) is 11.6. The van der Waals surface area contributed by atoms with Gasteiger partial charge in [-0.2, -0.15) is 11.8 Å². The summed E-state index contributed by atoms with van der Waals surface area (Å²) in [6.45, 7) is 4.95. The van der Waals surface area contributed by atoms with Gasteiger partial charge in [-0.3, -0.25) is 0 Å². The quantitative estimate of drug-likeness (QED) is 0.541. The van der Waals surface area contributed by atoms with Gasteiger partial charge in [-0.1, -0.05) is 6.08 Å². The fourth-order valence-electron chi connectivity index (χ4n) is 1.49. The molecule has 1 heterocycles. The van der Waals surface area contributed by atoms with Gasteiger partial charge in [0.05, 0.1) is 13.2 Å². The van der Waals surface area contributed by atoms with Crippen LogP contribution in [-0.4, -0.2) is 65.9 Å². The summed E-state index contributed by atoms with van der Waals surface area (Å²) in [5.41, 5.74) is 0. The molecule has 0 aliphatic carbocycles. The van der Waals surface area contributed by atoms with E-state index in [1.165, 1.54) is 4.90 Å². The number of amides is 2. The van der Waals surface area contributed by atoms with E-state index in [4.69, 9.17) is 9.84 Å². The maximum atomic E-state index is 11.7. The number of thioether (sulfide) groups is 1. The molecule has 18 heavy (non-hydrogen) atoms. The van der Waals surface area contributed by atoms with E-state index < -0.39 is 12.1 Å². The zero-order valence-corrected chi connectivity index (χ0v) is 10.9. The van der Waals surface area contributed by atoms with Gasteiger partial charge >= 0.3 is 12.0 Å². The van der Waals surface area contributed by atoms with Gasteiger partial charge in [0.2, 0.25) is 0 Å². The first-order valence-corrected chi connectivity index (χ1v) is 6.86. The minimum absolute atomic E-state index is 0.0982. The van der Waals surface area contributed by atoms with Crippen LogP contribution in [0.25, 0.3) is 0 Å². The molecule has 0 aromatic carbocycles. The van der Waals surface area contributed by atoms with Crippen LogP contribution in [0.2, 0.25) is 0 Å². The minimum atomic E-state index is -1.03. The van der Waals surface area contributed by atoms with Crippen molar-refractivity contribution < 1.29 is 19.4 Å². The molecule has 0 saturated carbocycles. The second-order valence-corrected chi connectivity index (χ2v) is 4.89. The monoisotopic (exact) mass is 274 g/mol. The molecular weight excluding hydrogens is 256 g/mol. The highest BCUT2D eigenvalue weighted by atomic mass is 32.2. The Labute approximate surface area is 110 Å². The summed E-state index contributed by atoms with van der Waals surface area (Å²) < 4.78 is 5.04. The molecule has 1 fully saturated rings. The molecule has 1 rings (SSSR count). The highest BCUT2D eigenvalue weighted by Gasteiger charge is 2.28. The molecule has 1 saturated heterocycles. The summed E-state index contributed by atoms with van der Waals surface area (Å²) in [5.74, 6) is 0.632. The van der Waals surface area contributed by atoms with E-state index in [0.717, 1.165) is 11.5 Å². The Morgan fingerprint density at radius 2 is 2.39 bits per heavy atom. The number of morpholine rings is 1. The number of hydrogen-bond acceptors (Lipinski definition) is 4. The van der Waals surface area contributed by atoms with Gasteiger partial charge in [-0.05, 0) is 0 Å². The van der Waals surface area contributed by atoms with Crippen molar-refractivity contribution in [1.82, 2.24) is 10.2 Å². The van der Waals surface area contributed by atoms with Gasteiger partial charge in [0.1, 0.15) is 0 Å². The second kappa shape index (κ2) is 7.99. The van der Waals surface area contributed by atoms with Crippen molar-refractivity contribution in [2.75, 3.05) is 37.7 Å². The van der Waals surface area contributed by atoms with Gasteiger partial charge in [0.15, 0.2) is 6.10 Å². The van der Waals surface area contributed by atoms with E-state index in [-0.39, 0.29) is 19.2 Å². The Bertz CT molecular complexity index is 311. The zero-order chi connectivity index (χ0) is 13.4. The predicted octanol–water partition coefficient (Wildman–Crippen LogP) is 0.401. The zero-order valence-electron chi connectivity index (χ0n) is 10.1. The van der Waals surface area contributed by atoms with Gasteiger partial charge in [-0.15, -0.1) is 6.58 Å². The Balaban J connectivity index is 2.24. The van der Waals surface area contributed by atoms with Crippen LogP contribution in [0.3, 0.4) is 0 Å². The molecule has 0 bridgehead atoms. The number of carboxylic acids is 1. The third-order valence-electron chi connectivity index (χ3n) is 2.39. The molecule has 7 heteroatoms. The SMILES string of the molecule is C=CCSCCNC(=O)N1CCOC(C(=O)O)C1. The molecule has 1 unspecified atom stereocenters. The number of urea groups is 1. The van der Waals surface area contributed by atoms with Gasteiger partial charge in [0.25, 0.3) is 0 Å². The maximum absolute atomic E-state index is 11.7. The predicted molar refractivity (Wildman–Crippen MR) is 69.9 cm³/mol. The lowest BCUT2D eigenvalue weighted by Crippen LogP contribution is -2.52. The van der Waals surface area contributed by atoms with Crippen molar-refractivity contribution in [3.8, 4) is 0 Å². The van der Waals surface area contributed by atoms with Crippen molar-refractivity contribution in [2.24, 2.45) is 0 Å². The number of ether oxygens (including phenoxy) is 1. The van der Waals surface area contributed by atoms with Crippen molar-refractivity contribution in [2.45, 2.75) is 6.10 Å². The van der Waals surface area contributed by atoms with Crippen molar-refractivity contribution in [1.29, 1.82) is 0 Å².